The van der Waals surface area contributed by atoms with E-state index in [2.05, 4.69) is 33.2 Å². The van der Waals surface area contributed by atoms with Gasteiger partial charge in [0.2, 0.25) is 0 Å². The Hall–Kier alpha value is -1.63. The monoisotopic (exact) mass is 386 g/mol. The highest BCUT2D eigenvalue weighted by atomic mass is 32.2. The molecule has 1 fully saturated rings. The molecule has 27 heavy (non-hydrogen) atoms. The van der Waals surface area contributed by atoms with Gasteiger partial charge in [0, 0.05) is 57.1 Å². The summed E-state index contributed by atoms with van der Waals surface area (Å²) in [6.45, 7) is 9.70. The van der Waals surface area contributed by atoms with Crippen molar-refractivity contribution in [3.63, 3.8) is 0 Å². The summed E-state index contributed by atoms with van der Waals surface area (Å²) < 4.78 is 15.4. The number of fused-ring (bicyclic) bond motifs is 1. The number of hydrogen-bond donors (Lipinski definition) is 0. The molecule has 6 heteroatoms. The maximum atomic E-state index is 13.0. The number of anilines is 1. The smallest absolute Gasteiger partial charge is 0.128 e. The summed E-state index contributed by atoms with van der Waals surface area (Å²) in [6.07, 6.45) is 0.995. The maximum absolute atomic E-state index is 13.0. The third-order valence-electron chi connectivity index (χ3n) is 5.47. The van der Waals surface area contributed by atoms with Gasteiger partial charge in [0.05, 0.1) is 0 Å². The molecule has 0 atom stereocenters. The second-order valence-corrected chi connectivity index (χ2v) is 8.27. The number of halogens is 1. The third-order valence-corrected chi connectivity index (χ3v) is 6.61. The van der Waals surface area contributed by atoms with Gasteiger partial charge in [0.15, 0.2) is 0 Å². The van der Waals surface area contributed by atoms with Gasteiger partial charge < -0.3 is 9.80 Å². The highest BCUT2D eigenvalue weighted by molar-refractivity contribution is 7.96. The van der Waals surface area contributed by atoms with Crippen LogP contribution in [0.2, 0.25) is 0 Å². The number of rotatable bonds is 5. The van der Waals surface area contributed by atoms with Crippen LogP contribution in [0.25, 0.3) is 0 Å². The Morgan fingerprint density at radius 2 is 1.78 bits per heavy atom. The van der Waals surface area contributed by atoms with Crippen LogP contribution in [0.4, 0.5) is 10.2 Å². The molecule has 0 amide bonds. The van der Waals surface area contributed by atoms with Crippen molar-refractivity contribution >= 4 is 17.8 Å². The van der Waals surface area contributed by atoms with Gasteiger partial charge in [-0.3, -0.25) is 0 Å². The van der Waals surface area contributed by atoms with Gasteiger partial charge in [0.1, 0.15) is 11.6 Å². The summed E-state index contributed by atoms with van der Waals surface area (Å²) in [5.41, 5.74) is 3.75. The highest BCUT2D eigenvalue weighted by Gasteiger charge is 2.21. The summed E-state index contributed by atoms with van der Waals surface area (Å²) in [4.78, 5) is 9.89. The molecule has 3 heterocycles. The molecule has 0 N–H and O–H groups in total. The highest BCUT2D eigenvalue weighted by Crippen LogP contribution is 2.27. The number of likely N-dealkylation sites (N-methyl/N-ethyl adjacent to an activating group) is 1. The number of pyridine rings is 1. The van der Waals surface area contributed by atoms with Crippen LogP contribution < -0.4 is 4.90 Å². The van der Waals surface area contributed by atoms with Crippen molar-refractivity contribution in [3.8, 4) is 0 Å². The molecule has 0 aliphatic carbocycles. The first-order valence-electron chi connectivity index (χ1n) is 9.79. The minimum Gasteiger partial charge on any atom is -0.354 e. The first-order valence-corrected chi connectivity index (χ1v) is 10.7. The fraction of sp³-hybridized carbons (Fsp3) is 0.476. The summed E-state index contributed by atoms with van der Waals surface area (Å²) >= 11 is 1.82. The van der Waals surface area contributed by atoms with Crippen molar-refractivity contribution in [2.75, 3.05) is 44.2 Å². The van der Waals surface area contributed by atoms with E-state index in [4.69, 9.17) is 4.98 Å². The molecular weight excluding hydrogens is 359 g/mol. The maximum Gasteiger partial charge on any atom is 0.128 e. The topological polar surface area (TPSA) is 22.6 Å². The molecule has 2 aliphatic rings. The van der Waals surface area contributed by atoms with Crippen molar-refractivity contribution in [2.24, 2.45) is 0 Å². The minimum absolute atomic E-state index is 0.173. The average molecular weight is 387 g/mol. The van der Waals surface area contributed by atoms with E-state index in [9.17, 15) is 4.39 Å². The number of benzene rings is 1. The van der Waals surface area contributed by atoms with Gasteiger partial charge in [-0.05, 0) is 35.9 Å². The molecule has 1 aromatic carbocycles. The Labute approximate surface area is 165 Å². The SMILES string of the molecule is CCN1CCN(c2ccc3c(n2)CCN(SCc2ccc(F)cc2)C3)CC1. The first kappa shape index (κ1) is 18.7. The van der Waals surface area contributed by atoms with Gasteiger partial charge in [-0.15, -0.1) is 0 Å². The van der Waals surface area contributed by atoms with Gasteiger partial charge in [0.25, 0.3) is 0 Å². The standard InChI is InChI=1S/C21H27FN4S/c1-2-24-11-13-25(14-12-24)21-8-5-18-15-26(10-9-20(18)23-21)27-16-17-3-6-19(22)7-4-17/h3-8H,2,9-16H2,1H3. The lowest BCUT2D eigenvalue weighted by Crippen LogP contribution is -2.46. The largest absolute Gasteiger partial charge is 0.354 e. The molecule has 0 spiro atoms. The van der Waals surface area contributed by atoms with E-state index in [1.54, 1.807) is 0 Å². The normalized spacial score (nSPS) is 18.5. The van der Waals surface area contributed by atoms with Gasteiger partial charge in [-0.2, -0.15) is 0 Å². The van der Waals surface area contributed by atoms with E-state index in [1.165, 1.54) is 23.4 Å². The van der Waals surface area contributed by atoms with Crippen molar-refractivity contribution in [3.05, 3.63) is 59.0 Å². The van der Waals surface area contributed by atoms with Crippen LogP contribution >= 0.6 is 11.9 Å². The molecule has 144 valence electrons. The summed E-state index contributed by atoms with van der Waals surface area (Å²) in [5.74, 6) is 1.84. The van der Waals surface area contributed by atoms with Crippen molar-refractivity contribution in [1.82, 2.24) is 14.2 Å². The van der Waals surface area contributed by atoms with Gasteiger partial charge in [-0.1, -0.05) is 37.1 Å². The van der Waals surface area contributed by atoms with E-state index >= 15 is 0 Å². The summed E-state index contributed by atoms with van der Waals surface area (Å²) in [7, 11) is 0. The quantitative estimate of drug-likeness (QED) is 0.731. The second kappa shape index (κ2) is 8.59. The molecular formula is C21H27FN4S. The molecule has 0 radical (unpaired) electrons. The zero-order chi connectivity index (χ0) is 18.6. The Bertz CT molecular complexity index is 759. The van der Waals surface area contributed by atoms with E-state index < -0.39 is 0 Å². The molecule has 1 aromatic heterocycles. The van der Waals surface area contributed by atoms with Gasteiger partial charge >= 0.3 is 0 Å². The molecule has 2 aliphatic heterocycles. The van der Waals surface area contributed by atoms with Crippen molar-refractivity contribution in [2.45, 2.75) is 25.6 Å². The Morgan fingerprint density at radius 1 is 1.00 bits per heavy atom. The molecule has 0 unspecified atom stereocenters. The molecule has 4 rings (SSSR count). The predicted octanol–water partition coefficient (Wildman–Crippen LogP) is 3.57. The molecule has 1 saturated heterocycles. The number of nitrogens with zero attached hydrogens (tertiary/aromatic N) is 4. The summed E-state index contributed by atoms with van der Waals surface area (Å²) in [5, 5.41) is 0. The van der Waals surface area contributed by atoms with Crippen LogP contribution in [0, 0.1) is 5.82 Å². The minimum atomic E-state index is -0.173. The van der Waals surface area contributed by atoms with E-state index in [0.29, 0.717) is 0 Å². The lowest BCUT2D eigenvalue weighted by molar-refractivity contribution is 0.270. The summed E-state index contributed by atoms with van der Waals surface area (Å²) in [6, 6.07) is 11.3. The van der Waals surface area contributed by atoms with Gasteiger partial charge in [-0.25, -0.2) is 13.7 Å². The molecule has 2 aromatic rings. The predicted molar refractivity (Wildman–Crippen MR) is 110 cm³/mol. The number of hydrogen-bond acceptors (Lipinski definition) is 5. The van der Waals surface area contributed by atoms with Crippen LogP contribution in [0.5, 0.6) is 0 Å². The fourth-order valence-electron chi connectivity index (χ4n) is 3.70. The first-order chi connectivity index (χ1) is 13.2. The van der Waals surface area contributed by atoms with E-state index in [-0.39, 0.29) is 5.82 Å². The van der Waals surface area contributed by atoms with E-state index in [1.807, 2.05) is 24.1 Å². The van der Waals surface area contributed by atoms with Crippen LogP contribution in [-0.2, 0) is 18.7 Å². The van der Waals surface area contributed by atoms with Crippen molar-refractivity contribution < 1.29 is 4.39 Å². The van der Waals surface area contributed by atoms with E-state index in [0.717, 1.165) is 69.4 Å². The van der Waals surface area contributed by atoms with Crippen LogP contribution in [0.1, 0.15) is 23.7 Å². The zero-order valence-corrected chi connectivity index (χ0v) is 16.7. The van der Waals surface area contributed by atoms with Crippen LogP contribution in [-0.4, -0.2) is 53.5 Å². The van der Waals surface area contributed by atoms with Crippen LogP contribution in [0.15, 0.2) is 36.4 Å². The molecule has 0 bridgehead atoms. The zero-order valence-electron chi connectivity index (χ0n) is 15.9. The Kier molecular flexibility index (Phi) is 5.95. The second-order valence-electron chi connectivity index (χ2n) is 7.21. The average Bonchev–Trinajstić information content (AvgIpc) is 2.73. The molecule has 0 saturated carbocycles. The van der Waals surface area contributed by atoms with Crippen molar-refractivity contribution in [1.29, 1.82) is 0 Å². The Morgan fingerprint density at radius 3 is 2.52 bits per heavy atom. The Balaban J connectivity index is 1.34. The number of piperazine rings is 1. The van der Waals surface area contributed by atoms with Crippen LogP contribution in [0.3, 0.4) is 0 Å². The lowest BCUT2D eigenvalue weighted by atomic mass is 10.1. The fourth-order valence-corrected chi connectivity index (χ4v) is 4.68. The lowest BCUT2D eigenvalue weighted by Gasteiger charge is -2.35. The molecule has 4 nitrogen and oxygen atoms in total. The number of aromatic nitrogens is 1. The third kappa shape index (κ3) is 4.62.